The van der Waals surface area contributed by atoms with E-state index in [0.717, 1.165) is 16.9 Å². The van der Waals surface area contributed by atoms with Crippen LogP contribution in [0.1, 0.15) is 45.2 Å². The van der Waals surface area contributed by atoms with Crippen molar-refractivity contribution in [3.8, 4) is 5.75 Å². The number of hydrogen-bond donors (Lipinski definition) is 2. The normalized spacial score (nSPS) is 13.2. The summed E-state index contributed by atoms with van der Waals surface area (Å²) < 4.78 is 11.8. The quantitative estimate of drug-likeness (QED) is 0.526. The van der Waals surface area contributed by atoms with Gasteiger partial charge in [-0.05, 0) is 56.9 Å². The lowest BCUT2D eigenvalue weighted by molar-refractivity contribution is -0.121. The fourth-order valence-electron chi connectivity index (χ4n) is 2.91. The molecule has 3 N–H and O–H groups in total. The van der Waals surface area contributed by atoms with Crippen LogP contribution in [0.4, 0.5) is 0 Å². The van der Waals surface area contributed by atoms with Crippen molar-refractivity contribution >= 4 is 11.8 Å². The molecule has 0 aliphatic carbocycles. The van der Waals surface area contributed by atoms with E-state index in [0.29, 0.717) is 26.1 Å². The number of ether oxygens (including phenoxy) is 2. The molecule has 0 fully saturated rings. The first kappa shape index (κ1) is 25.4. The third kappa shape index (κ3) is 9.96. The van der Waals surface area contributed by atoms with Gasteiger partial charge in [-0.25, -0.2) is 0 Å². The van der Waals surface area contributed by atoms with E-state index in [-0.39, 0.29) is 23.5 Å². The number of rotatable bonds is 12. The third-order valence-electron chi connectivity index (χ3n) is 4.86. The first-order chi connectivity index (χ1) is 15.1. The molecule has 2 unspecified atom stereocenters. The summed E-state index contributed by atoms with van der Waals surface area (Å²) >= 11 is 0. The third-order valence-corrected chi connectivity index (χ3v) is 4.86. The number of primary amides is 1. The van der Waals surface area contributed by atoms with E-state index in [1.165, 1.54) is 6.42 Å². The van der Waals surface area contributed by atoms with Gasteiger partial charge in [0.25, 0.3) is 0 Å². The van der Waals surface area contributed by atoms with Crippen molar-refractivity contribution < 1.29 is 19.1 Å². The molecule has 2 rings (SSSR count). The SMILES string of the molecule is CC(C[CH]C(=O)NC(COC(C)(C)C)Cc1ccc(OCc2ccccc2)cc1)C(N)=O. The minimum absolute atomic E-state index is 0.210. The zero-order chi connectivity index (χ0) is 23.6. The van der Waals surface area contributed by atoms with E-state index in [1.54, 1.807) is 6.92 Å². The van der Waals surface area contributed by atoms with Crippen LogP contribution in [0.5, 0.6) is 5.75 Å². The molecule has 0 heterocycles. The summed E-state index contributed by atoms with van der Waals surface area (Å²) in [7, 11) is 0. The Labute approximate surface area is 191 Å². The van der Waals surface area contributed by atoms with Gasteiger partial charge in [-0.1, -0.05) is 49.4 Å². The average molecular weight is 440 g/mol. The van der Waals surface area contributed by atoms with Crippen LogP contribution < -0.4 is 15.8 Å². The molecule has 6 heteroatoms. The van der Waals surface area contributed by atoms with Crippen LogP contribution in [0, 0.1) is 12.3 Å². The van der Waals surface area contributed by atoms with Gasteiger partial charge in [-0.3, -0.25) is 9.59 Å². The summed E-state index contributed by atoms with van der Waals surface area (Å²) in [5.41, 5.74) is 7.12. The van der Waals surface area contributed by atoms with Crippen LogP contribution in [0.25, 0.3) is 0 Å². The topological polar surface area (TPSA) is 90.7 Å². The maximum atomic E-state index is 12.4. The molecule has 32 heavy (non-hydrogen) atoms. The van der Waals surface area contributed by atoms with E-state index in [1.807, 2.05) is 75.4 Å². The highest BCUT2D eigenvalue weighted by Gasteiger charge is 2.19. The minimum Gasteiger partial charge on any atom is -0.489 e. The lowest BCUT2D eigenvalue weighted by Gasteiger charge is -2.25. The number of amides is 2. The minimum atomic E-state index is -0.420. The number of benzene rings is 2. The molecule has 6 nitrogen and oxygen atoms in total. The maximum Gasteiger partial charge on any atom is 0.224 e. The molecule has 2 aromatic carbocycles. The van der Waals surface area contributed by atoms with Crippen molar-refractivity contribution in [2.24, 2.45) is 11.7 Å². The highest BCUT2D eigenvalue weighted by Crippen LogP contribution is 2.16. The number of nitrogens with one attached hydrogen (secondary N) is 1. The second-order valence-electron chi connectivity index (χ2n) is 8.99. The highest BCUT2D eigenvalue weighted by molar-refractivity contribution is 5.86. The van der Waals surface area contributed by atoms with Gasteiger partial charge in [-0.2, -0.15) is 0 Å². The Kier molecular flexibility index (Phi) is 9.72. The average Bonchev–Trinajstić information content (AvgIpc) is 2.75. The molecule has 1 radical (unpaired) electrons. The number of nitrogens with two attached hydrogens (primary N) is 1. The predicted octanol–water partition coefficient (Wildman–Crippen LogP) is 3.82. The van der Waals surface area contributed by atoms with Crippen LogP contribution >= 0.6 is 0 Å². The zero-order valence-electron chi connectivity index (χ0n) is 19.5. The largest absolute Gasteiger partial charge is 0.489 e. The Morgan fingerprint density at radius 3 is 2.28 bits per heavy atom. The van der Waals surface area contributed by atoms with E-state index in [9.17, 15) is 9.59 Å². The molecule has 0 saturated carbocycles. The molecule has 0 aliphatic heterocycles. The molecule has 0 bridgehead atoms. The van der Waals surface area contributed by atoms with Crippen LogP contribution in [-0.4, -0.2) is 30.1 Å². The summed E-state index contributed by atoms with van der Waals surface area (Å²) in [6.45, 7) is 8.52. The van der Waals surface area contributed by atoms with Gasteiger partial charge in [0.1, 0.15) is 12.4 Å². The molecule has 0 aliphatic rings. The Morgan fingerprint density at radius 2 is 1.69 bits per heavy atom. The highest BCUT2D eigenvalue weighted by atomic mass is 16.5. The number of carbonyl (C=O) groups is 2. The van der Waals surface area contributed by atoms with Crippen molar-refractivity contribution in [1.29, 1.82) is 0 Å². The van der Waals surface area contributed by atoms with Gasteiger partial charge in [-0.15, -0.1) is 0 Å². The zero-order valence-corrected chi connectivity index (χ0v) is 19.5. The monoisotopic (exact) mass is 439 g/mol. The second-order valence-corrected chi connectivity index (χ2v) is 8.99. The fraction of sp³-hybridized carbons (Fsp3) is 0.423. The van der Waals surface area contributed by atoms with Crippen LogP contribution in [0.3, 0.4) is 0 Å². The smallest absolute Gasteiger partial charge is 0.224 e. The van der Waals surface area contributed by atoms with E-state index >= 15 is 0 Å². The van der Waals surface area contributed by atoms with Gasteiger partial charge >= 0.3 is 0 Å². The van der Waals surface area contributed by atoms with Crippen LogP contribution in [0.15, 0.2) is 54.6 Å². The van der Waals surface area contributed by atoms with Gasteiger partial charge < -0.3 is 20.5 Å². The molecular weight excluding hydrogens is 404 g/mol. The van der Waals surface area contributed by atoms with Gasteiger partial charge in [0.05, 0.1) is 24.7 Å². The van der Waals surface area contributed by atoms with Crippen molar-refractivity contribution in [2.45, 2.75) is 58.8 Å². The predicted molar refractivity (Wildman–Crippen MR) is 126 cm³/mol. The number of carbonyl (C=O) groups excluding carboxylic acids is 2. The molecule has 2 amide bonds. The summed E-state index contributed by atoms with van der Waals surface area (Å²) in [6.07, 6.45) is 2.39. The molecule has 0 saturated heterocycles. The van der Waals surface area contributed by atoms with Crippen LogP contribution in [-0.2, 0) is 27.4 Å². The second kappa shape index (κ2) is 12.2. The van der Waals surface area contributed by atoms with Gasteiger partial charge in [0, 0.05) is 5.92 Å². The molecule has 0 aromatic heterocycles. The van der Waals surface area contributed by atoms with E-state index in [2.05, 4.69) is 5.32 Å². The van der Waals surface area contributed by atoms with E-state index < -0.39 is 5.91 Å². The number of hydrogen-bond acceptors (Lipinski definition) is 4. The molecule has 0 spiro atoms. The Bertz CT molecular complexity index is 844. The van der Waals surface area contributed by atoms with Crippen molar-refractivity contribution in [3.05, 3.63) is 72.1 Å². The molecule has 173 valence electrons. The standard InChI is InChI=1S/C26H35N2O4/c1-19(25(27)30)10-15-24(29)28-22(18-32-26(2,3)4)16-20-11-13-23(14-12-20)31-17-21-8-6-5-7-9-21/h5-9,11-15,19,22H,10,16-18H2,1-4H3,(H2,27,30)(H,28,29). The summed E-state index contributed by atoms with van der Waals surface area (Å²) in [5.74, 6) is -0.244. The summed E-state index contributed by atoms with van der Waals surface area (Å²) in [6, 6.07) is 17.7. The lowest BCUT2D eigenvalue weighted by Crippen LogP contribution is -2.42. The molecule has 2 aromatic rings. The first-order valence-corrected chi connectivity index (χ1v) is 10.9. The van der Waals surface area contributed by atoms with Crippen LogP contribution in [0.2, 0.25) is 0 Å². The first-order valence-electron chi connectivity index (χ1n) is 10.9. The van der Waals surface area contributed by atoms with Gasteiger partial charge in [0.2, 0.25) is 11.8 Å². The van der Waals surface area contributed by atoms with E-state index in [4.69, 9.17) is 15.2 Å². The summed E-state index contributed by atoms with van der Waals surface area (Å²) in [5, 5.41) is 2.99. The lowest BCUT2D eigenvalue weighted by atomic mass is 10.0. The summed E-state index contributed by atoms with van der Waals surface area (Å²) in [4.78, 5) is 23.6. The van der Waals surface area contributed by atoms with Crippen molar-refractivity contribution in [2.75, 3.05) is 6.61 Å². The maximum absolute atomic E-state index is 12.4. The molecular formula is C26H35N2O4. The Hall–Kier alpha value is -2.86. The Morgan fingerprint density at radius 1 is 1.03 bits per heavy atom. The molecule has 2 atom stereocenters. The van der Waals surface area contributed by atoms with Gasteiger partial charge in [0.15, 0.2) is 0 Å². The Balaban J connectivity index is 1.93. The van der Waals surface area contributed by atoms with Crippen molar-refractivity contribution in [1.82, 2.24) is 5.32 Å². The fourth-order valence-corrected chi connectivity index (χ4v) is 2.91. The van der Waals surface area contributed by atoms with Crippen molar-refractivity contribution in [3.63, 3.8) is 0 Å².